The first-order valence-electron chi connectivity index (χ1n) is 7.17. The number of hydrogen-bond acceptors (Lipinski definition) is 6. The predicted octanol–water partition coefficient (Wildman–Crippen LogP) is 1.24. The predicted molar refractivity (Wildman–Crippen MR) is 91.4 cm³/mol. The molecule has 2 rings (SSSR count). The number of thiophene rings is 1. The summed E-state index contributed by atoms with van der Waals surface area (Å²) in [7, 11) is -4.08. The van der Waals surface area contributed by atoms with Gasteiger partial charge in [-0.3, -0.25) is 0 Å². The van der Waals surface area contributed by atoms with Crippen LogP contribution >= 0.6 is 11.3 Å². The van der Waals surface area contributed by atoms with Crippen LogP contribution in [0, 0.1) is 0 Å². The van der Waals surface area contributed by atoms with Crippen LogP contribution in [-0.2, 0) is 19.9 Å². The Balaban J connectivity index is 2.55. The standard InChI is InChI=1S/C13H21N3O4S3/c1-5-14-11-6-9(2)22(17,18)13-10(11)7-12(21-13)23(19,20)15-8-16(3)4/h7-9,11,14H,5-6H2,1-4H3/t9-,11-/m0/s1. The molecule has 1 aromatic rings. The molecule has 1 aromatic heterocycles. The van der Waals surface area contributed by atoms with Gasteiger partial charge in [0.15, 0.2) is 9.84 Å². The Labute approximate surface area is 141 Å². The van der Waals surface area contributed by atoms with E-state index in [9.17, 15) is 16.8 Å². The molecule has 130 valence electrons. The van der Waals surface area contributed by atoms with Crippen molar-refractivity contribution in [2.45, 2.75) is 40.0 Å². The molecule has 0 bridgehead atoms. The van der Waals surface area contributed by atoms with Crippen LogP contribution in [0.25, 0.3) is 0 Å². The van der Waals surface area contributed by atoms with Gasteiger partial charge in [-0.25, -0.2) is 8.42 Å². The monoisotopic (exact) mass is 379 g/mol. The lowest BCUT2D eigenvalue weighted by Gasteiger charge is -2.27. The van der Waals surface area contributed by atoms with Crippen LogP contribution in [0.1, 0.15) is 31.9 Å². The fraction of sp³-hybridized carbons (Fsp3) is 0.615. The van der Waals surface area contributed by atoms with E-state index in [4.69, 9.17) is 0 Å². The molecule has 0 unspecified atom stereocenters. The van der Waals surface area contributed by atoms with Crippen LogP contribution in [0.15, 0.2) is 18.9 Å². The third-order valence-corrected chi connectivity index (χ3v) is 9.13. The van der Waals surface area contributed by atoms with Crippen molar-refractivity contribution in [3.8, 4) is 0 Å². The minimum atomic E-state index is -3.90. The zero-order chi connectivity index (χ0) is 17.4. The molecule has 1 N–H and O–H groups in total. The third-order valence-electron chi connectivity index (χ3n) is 3.56. The van der Waals surface area contributed by atoms with Crippen molar-refractivity contribution < 1.29 is 16.8 Å². The van der Waals surface area contributed by atoms with Crippen molar-refractivity contribution in [1.29, 1.82) is 0 Å². The van der Waals surface area contributed by atoms with Crippen LogP contribution in [-0.4, -0.2) is 54.0 Å². The number of hydrogen-bond donors (Lipinski definition) is 1. The molecule has 7 nitrogen and oxygen atoms in total. The second kappa shape index (κ2) is 6.50. The first-order valence-corrected chi connectivity index (χ1v) is 11.0. The molecule has 0 fully saturated rings. The maximum Gasteiger partial charge on any atom is 0.293 e. The molecule has 0 saturated heterocycles. The van der Waals surface area contributed by atoms with E-state index in [-0.39, 0.29) is 14.5 Å². The molecule has 1 aliphatic heterocycles. The highest BCUT2D eigenvalue weighted by molar-refractivity contribution is 7.96. The molecule has 2 heterocycles. The largest absolute Gasteiger partial charge is 0.368 e. The van der Waals surface area contributed by atoms with Gasteiger partial charge in [0, 0.05) is 25.7 Å². The summed E-state index contributed by atoms with van der Waals surface area (Å²) >= 11 is 0.786. The minimum Gasteiger partial charge on any atom is -0.368 e. The topological polar surface area (TPSA) is 95.9 Å². The van der Waals surface area contributed by atoms with Crippen molar-refractivity contribution in [2.24, 2.45) is 4.40 Å². The van der Waals surface area contributed by atoms with E-state index in [1.54, 1.807) is 21.0 Å². The third kappa shape index (κ3) is 3.59. The summed E-state index contributed by atoms with van der Waals surface area (Å²) in [5, 5.41) is 2.68. The first-order chi connectivity index (χ1) is 10.6. The number of nitrogens with one attached hydrogen (secondary N) is 1. The van der Waals surface area contributed by atoms with E-state index in [1.807, 2.05) is 6.92 Å². The summed E-state index contributed by atoms with van der Waals surface area (Å²) < 4.78 is 53.2. The summed E-state index contributed by atoms with van der Waals surface area (Å²) in [6.07, 6.45) is 1.62. The van der Waals surface area contributed by atoms with Crippen LogP contribution in [0.4, 0.5) is 0 Å². The van der Waals surface area contributed by atoms with Gasteiger partial charge >= 0.3 is 0 Å². The normalized spacial score (nSPS) is 23.8. The lowest BCUT2D eigenvalue weighted by molar-refractivity contribution is 0.477. The summed E-state index contributed by atoms with van der Waals surface area (Å²) in [4.78, 5) is 1.51. The van der Waals surface area contributed by atoms with Crippen molar-refractivity contribution in [2.75, 3.05) is 20.6 Å². The van der Waals surface area contributed by atoms with Gasteiger partial charge in [-0.05, 0) is 26.0 Å². The highest BCUT2D eigenvalue weighted by atomic mass is 32.3. The smallest absolute Gasteiger partial charge is 0.293 e. The number of sulfonamides is 1. The fourth-order valence-electron chi connectivity index (χ4n) is 2.37. The molecular weight excluding hydrogens is 358 g/mol. The average Bonchev–Trinajstić information content (AvgIpc) is 2.90. The van der Waals surface area contributed by atoms with E-state index >= 15 is 0 Å². The highest BCUT2D eigenvalue weighted by Crippen LogP contribution is 2.43. The second-order valence-electron chi connectivity index (χ2n) is 5.67. The van der Waals surface area contributed by atoms with Gasteiger partial charge in [0.05, 0.1) is 5.25 Å². The summed E-state index contributed by atoms with van der Waals surface area (Å²) in [5.41, 5.74) is 0.536. The molecule has 0 saturated carbocycles. The highest BCUT2D eigenvalue weighted by Gasteiger charge is 2.39. The maximum absolute atomic E-state index is 12.5. The van der Waals surface area contributed by atoms with Crippen LogP contribution in [0.3, 0.4) is 0 Å². The first kappa shape index (κ1) is 18.4. The van der Waals surface area contributed by atoms with Gasteiger partial charge in [-0.15, -0.1) is 15.7 Å². The van der Waals surface area contributed by atoms with Crippen molar-refractivity contribution in [3.63, 3.8) is 0 Å². The van der Waals surface area contributed by atoms with E-state index < -0.39 is 25.1 Å². The fourth-order valence-corrected chi connectivity index (χ4v) is 7.28. The second-order valence-corrected chi connectivity index (χ2v) is 11.1. The molecule has 0 spiro atoms. The van der Waals surface area contributed by atoms with E-state index in [0.29, 0.717) is 18.5 Å². The van der Waals surface area contributed by atoms with Crippen LogP contribution < -0.4 is 5.32 Å². The molecule has 0 aromatic carbocycles. The average molecular weight is 380 g/mol. The molecule has 0 aliphatic carbocycles. The number of fused-ring (bicyclic) bond motifs is 1. The molecule has 2 atom stereocenters. The number of sulfone groups is 1. The Hall–Kier alpha value is -0.970. The zero-order valence-electron chi connectivity index (χ0n) is 13.5. The summed E-state index contributed by atoms with van der Waals surface area (Å²) in [6.45, 7) is 4.26. The molecular formula is C13H21N3O4S3. The lowest BCUT2D eigenvalue weighted by Crippen LogP contribution is -2.33. The molecule has 23 heavy (non-hydrogen) atoms. The minimum absolute atomic E-state index is 0.0406. The van der Waals surface area contributed by atoms with Gasteiger partial charge < -0.3 is 10.2 Å². The summed E-state index contributed by atoms with van der Waals surface area (Å²) in [6, 6.07) is 1.28. The Bertz CT molecular complexity index is 810. The quantitative estimate of drug-likeness (QED) is 0.611. The Morgan fingerprint density at radius 3 is 2.70 bits per heavy atom. The van der Waals surface area contributed by atoms with Crippen LogP contribution in [0.5, 0.6) is 0 Å². The zero-order valence-corrected chi connectivity index (χ0v) is 15.9. The van der Waals surface area contributed by atoms with Crippen LogP contribution in [0.2, 0.25) is 0 Å². The Morgan fingerprint density at radius 2 is 2.13 bits per heavy atom. The SMILES string of the molecule is CCN[C@H]1C[C@H](C)S(=O)(=O)c2sc(S(=O)(=O)N=CN(C)C)cc21. The van der Waals surface area contributed by atoms with Gasteiger partial charge in [0.25, 0.3) is 10.0 Å². The summed E-state index contributed by atoms with van der Waals surface area (Å²) in [5.74, 6) is 0. The van der Waals surface area contributed by atoms with Gasteiger partial charge in [0.1, 0.15) is 14.8 Å². The molecule has 0 amide bonds. The van der Waals surface area contributed by atoms with E-state index in [1.165, 1.54) is 17.3 Å². The molecule has 1 aliphatic rings. The molecule has 10 heteroatoms. The van der Waals surface area contributed by atoms with Crippen molar-refractivity contribution in [1.82, 2.24) is 10.2 Å². The van der Waals surface area contributed by atoms with Crippen molar-refractivity contribution >= 4 is 37.5 Å². The molecule has 0 radical (unpaired) electrons. The van der Waals surface area contributed by atoms with Gasteiger partial charge in [-0.2, -0.15) is 8.42 Å². The lowest BCUT2D eigenvalue weighted by atomic mass is 10.1. The number of nitrogens with zero attached hydrogens (tertiary/aromatic N) is 2. The number of rotatable bonds is 5. The van der Waals surface area contributed by atoms with Gasteiger partial charge in [-0.1, -0.05) is 6.92 Å². The van der Waals surface area contributed by atoms with E-state index in [2.05, 4.69) is 9.71 Å². The van der Waals surface area contributed by atoms with Crippen molar-refractivity contribution in [3.05, 3.63) is 11.6 Å². The Kier molecular flexibility index (Phi) is 5.19. The van der Waals surface area contributed by atoms with Gasteiger partial charge in [0.2, 0.25) is 0 Å². The van der Waals surface area contributed by atoms with E-state index in [0.717, 1.165) is 11.3 Å². The maximum atomic E-state index is 12.5. The Morgan fingerprint density at radius 1 is 1.48 bits per heavy atom.